The third-order valence-electron chi connectivity index (χ3n) is 4.88. The lowest BCUT2D eigenvalue weighted by molar-refractivity contribution is 0.0698. The minimum absolute atomic E-state index is 0.0232. The summed E-state index contributed by atoms with van der Waals surface area (Å²) in [6.07, 6.45) is 6.41. The van der Waals surface area contributed by atoms with Crippen molar-refractivity contribution < 1.29 is 18.7 Å². The molecule has 1 aliphatic heterocycles. The third kappa shape index (κ3) is 4.21. The van der Waals surface area contributed by atoms with Gasteiger partial charge >= 0.3 is 0 Å². The van der Waals surface area contributed by atoms with Gasteiger partial charge in [0.15, 0.2) is 11.6 Å². The minimum atomic E-state index is -0.134. The van der Waals surface area contributed by atoms with Crippen molar-refractivity contribution in [3.05, 3.63) is 60.2 Å². The van der Waals surface area contributed by atoms with E-state index in [1.165, 1.54) is 6.26 Å². The topological polar surface area (TPSA) is 90.6 Å². The third-order valence-corrected chi connectivity index (χ3v) is 4.88. The highest BCUT2D eigenvalue weighted by Crippen LogP contribution is 2.33. The Labute approximate surface area is 168 Å². The molecule has 8 nitrogen and oxygen atoms in total. The van der Waals surface area contributed by atoms with Gasteiger partial charge in [0.1, 0.15) is 23.5 Å². The molecule has 1 aliphatic rings. The number of aryl methyl sites for hydroxylation is 1. The van der Waals surface area contributed by atoms with E-state index in [9.17, 15) is 4.79 Å². The average Bonchev–Trinajstić information content (AvgIpc) is 3.20. The fourth-order valence-electron chi connectivity index (χ4n) is 3.48. The smallest absolute Gasteiger partial charge is 0.275 e. The number of aromatic nitrogens is 3. The highest BCUT2D eigenvalue weighted by molar-refractivity contribution is 5.92. The number of rotatable bonds is 5. The summed E-state index contributed by atoms with van der Waals surface area (Å²) in [6.45, 7) is 2.92. The van der Waals surface area contributed by atoms with Crippen LogP contribution in [0.2, 0.25) is 0 Å². The van der Waals surface area contributed by atoms with Gasteiger partial charge in [-0.2, -0.15) is 0 Å². The molecular formula is C21H22N4O4. The van der Waals surface area contributed by atoms with Gasteiger partial charge in [0.2, 0.25) is 5.88 Å². The molecule has 2 aromatic heterocycles. The molecule has 0 saturated carbocycles. The van der Waals surface area contributed by atoms with Crippen LogP contribution in [0, 0.1) is 6.92 Å². The first kappa shape index (κ1) is 18.9. The van der Waals surface area contributed by atoms with Gasteiger partial charge in [-0.15, -0.1) is 0 Å². The number of piperidine rings is 1. The van der Waals surface area contributed by atoms with Crippen LogP contribution < -0.4 is 9.47 Å². The number of oxazole rings is 1. The number of hydrogen-bond acceptors (Lipinski definition) is 7. The van der Waals surface area contributed by atoms with Crippen LogP contribution >= 0.6 is 0 Å². The number of methoxy groups -OCH3 is 1. The maximum absolute atomic E-state index is 12.8. The molecule has 0 radical (unpaired) electrons. The Morgan fingerprint density at radius 3 is 2.86 bits per heavy atom. The first-order valence-corrected chi connectivity index (χ1v) is 9.48. The lowest BCUT2D eigenvalue weighted by Gasteiger charge is -2.32. The van der Waals surface area contributed by atoms with E-state index >= 15 is 0 Å². The molecule has 1 aromatic carbocycles. The fraction of sp³-hybridized carbons (Fsp3) is 0.333. The van der Waals surface area contributed by atoms with E-state index in [2.05, 4.69) is 15.0 Å². The summed E-state index contributed by atoms with van der Waals surface area (Å²) in [5, 5.41) is 0. The molecule has 8 heteroatoms. The SMILES string of the molecule is COc1cccc(Oc2nccnc2C2CCCN(C(=O)c3coc(C)n3)C2)c1. The fourth-order valence-corrected chi connectivity index (χ4v) is 3.48. The molecule has 0 aliphatic carbocycles. The van der Waals surface area contributed by atoms with Crippen molar-refractivity contribution in [1.29, 1.82) is 0 Å². The molecule has 1 saturated heterocycles. The van der Waals surface area contributed by atoms with Crippen molar-refractivity contribution in [2.45, 2.75) is 25.7 Å². The Kier molecular flexibility index (Phi) is 5.41. The van der Waals surface area contributed by atoms with Crippen molar-refractivity contribution in [3.8, 4) is 17.4 Å². The monoisotopic (exact) mass is 394 g/mol. The van der Waals surface area contributed by atoms with E-state index in [-0.39, 0.29) is 11.8 Å². The molecule has 1 fully saturated rings. The molecule has 3 aromatic rings. The van der Waals surface area contributed by atoms with Gasteiger partial charge in [-0.05, 0) is 25.0 Å². The quantitative estimate of drug-likeness (QED) is 0.653. The second kappa shape index (κ2) is 8.30. The normalized spacial score (nSPS) is 16.5. The molecule has 1 amide bonds. The Hall–Kier alpha value is -3.42. The number of carbonyl (C=O) groups excluding carboxylic acids is 1. The Morgan fingerprint density at radius 1 is 1.24 bits per heavy atom. The highest BCUT2D eigenvalue weighted by atomic mass is 16.5. The first-order chi connectivity index (χ1) is 14.1. The van der Waals surface area contributed by atoms with Gasteiger partial charge < -0.3 is 18.8 Å². The number of nitrogens with zero attached hydrogens (tertiary/aromatic N) is 4. The summed E-state index contributed by atoms with van der Waals surface area (Å²) in [7, 11) is 1.61. The summed E-state index contributed by atoms with van der Waals surface area (Å²) in [5.74, 6) is 2.13. The van der Waals surface area contributed by atoms with E-state index in [1.54, 1.807) is 37.4 Å². The number of hydrogen-bond donors (Lipinski definition) is 0. The second-order valence-corrected chi connectivity index (χ2v) is 6.87. The molecular weight excluding hydrogens is 372 g/mol. The van der Waals surface area contributed by atoms with E-state index in [4.69, 9.17) is 13.9 Å². The molecule has 0 bridgehead atoms. The van der Waals surface area contributed by atoms with Crippen LogP contribution in [0.3, 0.4) is 0 Å². The van der Waals surface area contributed by atoms with Crippen molar-refractivity contribution in [1.82, 2.24) is 19.9 Å². The van der Waals surface area contributed by atoms with Crippen molar-refractivity contribution in [2.24, 2.45) is 0 Å². The summed E-state index contributed by atoms with van der Waals surface area (Å²) < 4.78 is 16.4. The standard InChI is InChI=1S/C21H22N4O4/c1-14-24-18(13-28-14)21(26)25-10-4-5-15(12-25)19-20(23-9-8-22-19)29-17-7-3-6-16(11-17)27-2/h3,6-9,11,13,15H,4-5,10,12H2,1-2H3. The average molecular weight is 394 g/mol. The Balaban J connectivity index is 1.54. The highest BCUT2D eigenvalue weighted by Gasteiger charge is 2.30. The molecule has 150 valence electrons. The number of benzene rings is 1. The van der Waals surface area contributed by atoms with E-state index in [0.717, 1.165) is 18.5 Å². The molecule has 1 atom stereocenters. The van der Waals surface area contributed by atoms with Crippen LogP contribution in [0.4, 0.5) is 0 Å². The van der Waals surface area contributed by atoms with Gasteiger partial charge in [-0.1, -0.05) is 6.07 Å². The number of carbonyl (C=O) groups is 1. The largest absolute Gasteiger partial charge is 0.497 e. The summed E-state index contributed by atoms with van der Waals surface area (Å²) in [4.78, 5) is 27.6. The van der Waals surface area contributed by atoms with E-state index in [1.807, 2.05) is 18.2 Å². The van der Waals surface area contributed by atoms with Crippen LogP contribution in [0.1, 0.15) is 40.8 Å². The molecule has 0 N–H and O–H groups in total. The Bertz CT molecular complexity index is 1000. The molecule has 29 heavy (non-hydrogen) atoms. The second-order valence-electron chi connectivity index (χ2n) is 6.87. The molecule has 3 heterocycles. The predicted molar refractivity (Wildman–Crippen MR) is 104 cm³/mol. The number of amides is 1. The molecule has 0 spiro atoms. The summed E-state index contributed by atoms with van der Waals surface area (Å²) in [6, 6.07) is 7.33. The van der Waals surface area contributed by atoms with Crippen molar-refractivity contribution in [3.63, 3.8) is 0 Å². The lowest BCUT2D eigenvalue weighted by atomic mass is 9.94. The van der Waals surface area contributed by atoms with Gasteiger partial charge in [-0.3, -0.25) is 9.78 Å². The van der Waals surface area contributed by atoms with Crippen LogP contribution in [-0.2, 0) is 0 Å². The molecule has 1 unspecified atom stereocenters. The molecule has 4 rings (SSSR count). The maximum Gasteiger partial charge on any atom is 0.275 e. The van der Waals surface area contributed by atoms with Crippen LogP contribution in [0.5, 0.6) is 17.4 Å². The zero-order chi connectivity index (χ0) is 20.2. The lowest BCUT2D eigenvalue weighted by Crippen LogP contribution is -2.39. The maximum atomic E-state index is 12.8. The van der Waals surface area contributed by atoms with E-state index < -0.39 is 0 Å². The first-order valence-electron chi connectivity index (χ1n) is 9.48. The van der Waals surface area contributed by atoms with Crippen LogP contribution in [0.15, 0.2) is 47.3 Å². The van der Waals surface area contributed by atoms with Gasteiger partial charge in [0.05, 0.1) is 7.11 Å². The number of likely N-dealkylation sites (tertiary alicyclic amines) is 1. The van der Waals surface area contributed by atoms with Crippen LogP contribution in [-0.4, -0.2) is 46.0 Å². The minimum Gasteiger partial charge on any atom is -0.497 e. The van der Waals surface area contributed by atoms with Crippen molar-refractivity contribution in [2.75, 3.05) is 20.2 Å². The van der Waals surface area contributed by atoms with E-state index in [0.29, 0.717) is 42.1 Å². The predicted octanol–water partition coefficient (Wildman–Crippen LogP) is 3.59. The van der Waals surface area contributed by atoms with Crippen LogP contribution in [0.25, 0.3) is 0 Å². The number of ether oxygens (including phenoxy) is 2. The van der Waals surface area contributed by atoms with Crippen molar-refractivity contribution >= 4 is 5.91 Å². The zero-order valence-corrected chi connectivity index (χ0v) is 16.4. The zero-order valence-electron chi connectivity index (χ0n) is 16.4. The Morgan fingerprint density at radius 2 is 2.07 bits per heavy atom. The van der Waals surface area contributed by atoms with Gasteiger partial charge in [0.25, 0.3) is 5.91 Å². The summed E-state index contributed by atoms with van der Waals surface area (Å²) in [5.41, 5.74) is 1.07. The summed E-state index contributed by atoms with van der Waals surface area (Å²) >= 11 is 0. The van der Waals surface area contributed by atoms with Gasteiger partial charge in [-0.25, -0.2) is 9.97 Å². The van der Waals surface area contributed by atoms with Gasteiger partial charge in [0, 0.05) is 44.4 Å².